The molecule has 0 heterocycles. The summed E-state index contributed by atoms with van der Waals surface area (Å²) in [6.07, 6.45) is 0.791. The zero-order chi connectivity index (χ0) is 14.5. The Morgan fingerprint density at radius 2 is 2.10 bits per heavy atom. The molecule has 3 N–H and O–H groups in total. The van der Waals surface area contributed by atoms with Gasteiger partial charge in [-0.25, -0.2) is 4.39 Å². The highest BCUT2D eigenvalue weighted by atomic mass is 35.5. The normalized spacial score (nSPS) is 10.7. The van der Waals surface area contributed by atoms with Gasteiger partial charge in [0.1, 0.15) is 0 Å². The van der Waals surface area contributed by atoms with E-state index < -0.39 is 11.4 Å². The summed E-state index contributed by atoms with van der Waals surface area (Å²) in [5, 5.41) is 2.75. The number of amides is 1. The van der Waals surface area contributed by atoms with E-state index in [1.54, 1.807) is 12.1 Å². The minimum absolute atomic E-state index is 0. The average molecular weight is 305 g/mol. The third kappa shape index (κ3) is 6.73. The molecule has 6 heteroatoms. The molecule has 0 bridgehead atoms. The van der Waals surface area contributed by atoms with Crippen molar-refractivity contribution in [2.24, 2.45) is 5.73 Å². The largest absolute Gasteiger partial charge is 0.494 e. The van der Waals surface area contributed by atoms with Gasteiger partial charge >= 0.3 is 0 Å². The summed E-state index contributed by atoms with van der Waals surface area (Å²) < 4.78 is 18.3. The topological polar surface area (TPSA) is 64.3 Å². The Morgan fingerprint density at radius 1 is 1.45 bits per heavy atom. The lowest BCUT2D eigenvalue weighted by Gasteiger charge is -2.18. The number of ether oxygens (including phenoxy) is 1. The van der Waals surface area contributed by atoms with Gasteiger partial charge < -0.3 is 15.8 Å². The predicted molar refractivity (Wildman–Crippen MR) is 79.8 cm³/mol. The van der Waals surface area contributed by atoms with Gasteiger partial charge in [-0.05, 0) is 38.0 Å². The highest BCUT2D eigenvalue weighted by molar-refractivity contribution is 5.85. The van der Waals surface area contributed by atoms with Gasteiger partial charge in [-0.15, -0.1) is 12.4 Å². The van der Waals surface area contributed by atoms with Crippen LogP contribution in [0.25, 0.3) is 0 Å². The molecule has 0 fully saturated rings. The number of hydrogen-bond donors (Lipinski definition) is 2. The van der Waals surface area contributed by atoms with Crippen LogP contribution >= 0.6 is 12.4 Å². The van der Waals surface area contributed by atoms with Crippen molar-refractivity contribution in [3.8, 4) is 5.75 Å². The zero-order valence-corrected chi connectivity index (χ0v) is 12.8. The fourth-order valence-corrected chi connectivity index (χ4v) is 1.54. The van der Waals surface area contributed by atoms with Gasteiger partial charge in [-0.3, -0.25) is 4.79 Å². The predicted octanol–water partition coefficient (Wildman–Crippen LogP) is 2.04. The Bertz CT molecular complexity index is 447. The lowest BCUT2D eigenvalue weighted by molar-refractivity contribution is -0.121. The third-order valence-corrected chi connectivity index (χ3v) is 2.60. The van der Waals surface area contributed by atoms with Gasteiger partial charge in [0, 0.05) is 18.5 Å². The third-order valence-electron chi connectivity index (χ3n) is 2.60. The molecular formula is C14H22ClFN2O2. The number of benzene rings is 1. The van der Waals surface area contributed by atoms with Crippen LogP contribution in [0.5, 0.6) is 5.75 Å². The van der Waals surface area contributed by atoms with E-state index in [1.165, 1.54) is 13.2 Å². The number of methoxy groups -OCH3 is 1. The number of carbonyl (C=O) groups excluding carboxylic acids is 1. The highest BCUT2D eigenvalue weighted by Gasteiger charge is 2.12. The Hall–Kier alpha value is -1.33. The van der Waals surface area contributed by atoms with Crippen LogP contribution in [0.2, 0.25) is 0 Å². The molecule has 0 aliphatic carbocycles. The molecule has 0 atom stereocenters. The molecule has 0 spiro atoms. The number of aryl methyl sites for hydroxylation is 1. The first-order valence-electron chi connectivity index (χ1n) is 6.20. The van der Waals surface area contributed by atoms with Crippen molar-refractivity contribution >= 4 is 18.3 Å². The molecule has 0 aromatic heterocycles. The van der Waals surface area contributed by atoms with Crippen molar-refractivity contribution in [1.82, 2.24) is 5.32 Å². The number of carbonyl (C=O) groups is 1. The van der Waals surface area contributed by atoms with Crippen LogP contribution in [-0.4, -0.2) is 25.1 Å². The summed E-state index contributed by atoms with van der Waals surface area (Å²) in [5.41, 5.74) is 6.10. The van der Waals surface area contributed by atoms with Gasteiger partial charge in [-0.2, -0.15) is 0 Å². The van der Waals surface area contributed by atoms with Crippen LogP contribution in [-0.2, 0) is 11.2 Å². The second-order valence-electron chi connectivity index (χ2n) is 5.23. The van der Waals surface area contributed by atoms with Gasteiger partial charge in [0.2, 0.25) is 5.91 Å². The van der Waals surface area contributed by atoms with E-state index in [4.69, 9.17) is 10.5 Å². The minimum atomic E-state index is -0.429. The Morgan fingerprint density at radius 3 is 2.60 bits per heavy atom. The Balaban J connectivity index is 0.00000361. The van der Waals surface area contributed by atoms with Crippen molar-refractivity contribution in [3.63, 3.8) is 0 Å². The highest BCUT2D eigenvalue weighted by Crippen LogP contribution is 2.18. The molecule has 4 nitrogen and oxygen atoms in total. The molecule has 1 aromatic carbocycles. The SMILES string of the molecule is COc1ccc(CCC(=O)NCC(C)(C)N)cc1F.Cl. The molecule has 0 aliphatic heterocycles. The van der Waals surface area contributed by atoms with Gasteiger partial charge in [0.15, 0.2) is 11.6 Å². The summed E-state index contributed by atoms with van der Waals surface area (Å²) in [6, 6.07) is 4.70. The summed E-state index contributed by atoms with van der Waals surface area (Å²) in [4.78, 5) is 11.6. The molecular weight excluding hydrogens is 283 g/mol. The Kier molecular flexibility index (Phi) is 7.53. The first-order valence-corrected chi connectivity index (χ1v) is 6.20. The number of rotatable bonds is 6. The van der Waals surface area contributed by atoms with Crippen LogP contribution in [0.15, 0.2) is 18.2 Å². The maximum Gasteiger partial charge on any atom is 0.220 e. The van der Waals surface area contributed by atoms with Gasteiger partial charge in [-0.1, -0.05) is 6.07 Å². The summed E-state index contributed by atoms with van der Waals surface area (Å²) >= 11 is 0. The van der Waals surface area contributed by atoms with E-state index in [0.717, 1.165) is 5.56 Å². The van der Waals surface area contributed by atoms with Crippen molar-refractivity contribution in [2.45, 2.75) is 32.2 Å². The fourth-order valence-electron chi connectivity index (χ4n) is 1.54. The summed E-state index contributed by atoms with van der Waals surface area (Å²) in [5.74, 6) is -0.295. The van der Waals surface area contributed by atoms with Crippen LogP contribution in [0.3, 0.4) is 0 Å². The van der Waals surface area contributed by atoms with Crippen molar-refractivity contribution in [1.29, 1.82) is 0 Å². The van der Waals surface area contributed by atoms with E-state index in [-0.39, 0.29) is 24.1 Å². The molecule has 1 rings (SSSR count). The lowest BCUT2D eigenvalue weighted by atomic mass is 10.1. The maximum absolute atomic E-state index is 13.4. The van der Waals surface area contributed by atoms with Gasteiger partial charge in [0.05, 0.1) is 7.11 Å². The van der Waals surface area contributed by atoms with Crippen LogP contribution in [0.4, 0.5) is 4.39 Å². The average Bonchev–Trinajstić information content (AvgIpc) is 2.33. The van der Waals surface area contributed by atoms with Crippen molar-refractivity contribution < 1.29 is 13.9 Å². The number of hydrogen-bond acceptors (Lipinski definition) is 3. The minimum Gasteiger partial charge on any atom is -0.494 e. The maximum atomic E-state index is 13.4. The van der Waals surface area contributed by atoms with Crippen LogP contribution in [0.1, 0.15) is 25.8 Å². The number of halogens is 2. The molecule has 0 aliphatic rings. The molecule has 114 valence electrons. The Labute approximate surface area is 125 Å². The van der Waals surface area contributed by atoms with E-state index in [1.807, 2.05) is 13.8 Å². The molecule has 20 heavy (non-hydrogen) atoms. The van der Waals surface area contributed by atoms with Crippen LogP contribution < -0.4 is 15.8 Å². The van der Waals surface area contributed by atoms with Crippen molar-refractivity contribution in [2.75, 3.05) is 13.7 Å². The fraction of sp³-hybridized carbons (Fsp3) is 0.500. The first-order chi connectivity index (χ1) is 8.81. The monoisotopic (exact) mass is 304 g/mol. The van der Waals surface area contributed by atoms with Gasteiger partial charge in [0.25, 0.3) is 0 Å². The zero-order valence-electron chi connectivity index (χ0n) is 12.0. The molecule has 0 unspecified atom stereocenters. The van der Waals surface area contributed by atoms with E-state index in [9.17, 15) is 9.18 Å². The van der Waals surface area contributed by atoms with E-state index in [2.05, 4.69) is 5.32 Å². The molecule has 0 radical (unpaired) electrons. The molecule has 0 saturated carbocycles. The number of nitrogens with two attached hydrogens (primary N) is 1. The second-order valence-corrected chi connectivity index (χ2v) is 5.23. The molecule has 1 aromatic rings. The first kappa shape index (κ1) is 18.7. The van der Waals surface area contributed by atoms with Crippen molar-refractivity contribution in [3.05, 3.63) is 29.6 Å². The summed E-state index contributed by atoms with van der Waals surface area (Å²) in [6.45, 7) is 4.10. The second kappa shape index (κ2) is 8.07. The quantitative estimate of drug-likeness (QED) is 0.845. The molecule has 0 saturated heterocycles. The summed E-state index contributed by atoms with van der Waals surface area (Å²) in [7, 11) is 1.42. The smallest absolute Gasteiger partial charge is 0.220 e. The lowest BCUT2D eigenvalue weighted by Crippen LogP contribution is -2.45. The molecule has 1 amide bonds. The van der Waals surface area contributed by atoms with Crippen LogP contribution in [0, 0.1) is 5.82 Å². The van der Waals surface area contributed by atoms with E-state index in [0.29, 0.717) is 19.4 Å². The van der Waals surface area contributed by atoms with E-state index >= 15 is 0 Å². The standard InChI is InChI=1S/C14H21FN2O2.ClH/c1-14(2,16)9-17-13(18)7-5-10-4-6-12(19-3)11(15)8-10;/h4,6,8H,5,7,9,16H2,1-3H3,(H,17,18);1H. The number of nitrogens with one attached hydrogen (secondary N) is 1.